The number of hydrogen-bond acceptors (Lipinski definition) is 7. The number of aliphatic hydroxyl groups is 1. The number of nitrogens with one attached hydrogen (secondary N) is 1. The molecule has 1 aliphatic heterocycles. The SMILES string of the molecule is Cc1ccc(S(=O)(=O)N(C)C[C@@H]2OCCCC[C@H](C)Oc3ccc(NC(=O)c4ccccc4)cc3C(=O)N([C@H](C)CO)C[C@H]2C)cc1. The average molecular weight is 666 g/mol. The number of fused-ring (bicyclic) bond motifs is 1. The highest BCUT2D eigenvalue weighted by Crippen LogP contribution is 2.29. The lowest BCUT2D eigenvalue weighted by Crippen LogP contribution is -2.48. The van der Waals surface area contributed by atoms with Crippen LogP contribution in [0, 0.1) is 12.8 Å². The van der Waals surface area contributed by atoms with Crippen molar-refractivity contribution in [2.24, 2.45) is 5.92 Å². The molecule has 4 atom stereocenters. The van der Waals surface area contributed by atoms with Gasteiger partial charge >= 0.3 is 0 Å². The lowest BCUT2D eigenvalue weighted by atomic mass is 10.0. The number of ether oxygens (including phenoxy) is 2. The third-order valence-electron chi connectivity index (χ3n) is 8.51. The van der Waals surface area contributed by atoms with E-state index in [-0.39, 0.29) is 54.0 Å². The Morgan fingerprint density at radius 3 is 2.45 bits per heavy atom. The van der Waals surface area contributed by atoms with E-state index in [2.05, 4.69) is 5.32 Å². The van der Waals surface area contributed by atoms with Crippen LogP contribution in [-0.4, -0.2) is 86.1 Å². The molecule has 3 aromatic rings. The van der Waals surface area contributed by atoms with Crippen LogP contribution in [0.2, 0.25) is 0 Å². The monoisotopic (exact) mass is 665 g/mol. The molecule has 0 aliphatic carbocycles. The Hall–Kier alpha value is -3.77. The molecular formula is C36H47N3O7S. The fourth-order valence-corrected chi connectivity index (χ4v) is 6.68. The Balaban J connectivity index is 1.65. The van der Waals surface area contributed by atoms with Crippen LogP contribution in [0.25, 0.3) is 0 Å². The maximum absolute atomic E-state index is 14.3. The zero-order chi connectivity index (χ0) is 34.1. The lowest BCUT2D eigenvalue weighted by Gasteiger charge is -2.35. The minimum Gasteiger partial charge on any atom is -0.490 e. The molecule has 0 spiro atoms. The smallest absolute Gasteiger partial charge is 0.258 e. The second-order valence-corrected chi connectivity index (χ2v) is 14.5. The van der Waals surface area contributed by atoms with E-state index in [0.717, 1.165) is 18.4 Å². The molecule has 4 rings (SSSR count). The number of sulfonamides is 1. The molecule has 10 nitrogen and oxygen atoms in total. The molecule has 0 saturated heterocycles. The minimum absolute atomic E-state index is 0.0820. The maximum Gasteiger partial charge on any atom is 0.258 e. The van der Waals surface area contributed by atoms with Crippen molar-refractivity contribution in [3.05, 3.63) is 89.5 Å². The summed E-state index contributed by atoms with van der Waals surface area (Å²) in [6.45, 7) is 7.91. The van der Waals surface area contributed by atoms with E-state index in [9.17, 15) is 23.1 Å². The first kappa shape index (κ1) is 36.1. The first-order valence-electron chi connectivity index (χ1n) is 16.1. The van der Waals surface area contributed by atoms with Gasteiger partial charge in [-0.15, -0.1) is 0 Å². The molecular weight excluding hydrogens is 618 g/mol. The van der Waals surface area contributed by atoms with Crippen LogP contribution >= 0.6 is 0 Å². The van der Waals surface area contributed by atoms with Crippen molar-refractivity contribution >= 4 is 27.5 Å². The van der Waals surface area contributed by atoms with Gasteiger partial charge in [-0.1, -0.05) is 42.8 Å². The van der Waals surface area contributed by atoms with Gasteiger partial charge in [0.1, 0.15) is 5.75 Å². The Labute approximate surface area is 278 Å². The first-order chi connectivity index (χ1) is 22.4. The molecule has 0 bridgehead atoms. The normalized spacial score (nSPS) is 20.5. The molecule has 3 aromatic carbocycles. The van der Waals surface area contributed by atoms with Crippen molar-refractivity contribution in [2.75, 3.05) is 38.7 Å². The standard InChI is InChI=1S/C36H47N3O7S/c1-25-14-17-31(18-15-25)47(43,44)38(5)23-34-26(2)22-39(27(3)24-40)36(42)32-21-30(37-35(41)29-12-7-6-8-13-29)16-19-33(32)46-28(4)11-9-10-20-45-34/h6-8,12-19,21,26-28,34,40H,9-11,20,22-24H2,1-5H3,(H,37,41)/t26-,27-,28+,34+/m1/s1. The summed E-state index contributed by atoms with van der Waals surface area (Å²) in [5.41, 5.74) is 2.12. The zero-order valence-corrected chi connectivity index (χ0v) is 28.7. The molecule has 2 amide bonds. The molecule has 0 aromatic heterocycles. The van der Waals surface area contributed by atoms with Crippen LogP contribution in [0.3, 0.4) is 0 Å². The van der Waals surface area contributed by atoms with E-state index in [1.54, 1.807) is 78.6 Å². The van der Waals surface area contributed by atoms with Crippen LogP contribution in [0.5, 0.6) is 5.75 Å². The highest BCUT2D eigenvalue weighted by atomic mass is 32.2. The van der Waals surface area contributed by atoms with Crippen molar-refractivity contribution in [1.82, 2.24) is 9.21 Å². The number of amides is 2. The van der Waals surface area contributed by atoms with Crippen molar-refractivity contribution in [3.63, 3.8) is 0 Å². The van der Waals surface area contributed by atoms with Gasteiger partial charge in [0.15, 0.2) is 0 Å². The van der Waals surface area contributed by atoms with E-state index in [1.807, 2.05) is 26.8 Å². The van der Waals surface area contributed by atoms with E-state index >= 15 is 0 Å². The van der Waals surface area contributed by atoms with Crippen LogP contribution in [-0.2, 0) is 14.8 Å². The lowest BCUT2D eigenvalue weighted by molar-refractivity contribution is -0.00834. The summed E-state index contributed by atoms with van der Waals surface area (Å²) >= 11 is 0. The highest BCUT2D eigenvalue weighted by Gasteiger charge is 2.32. The number of aliphatic hydroxyl groups excluding tert-OH is 1. The maximum atomic E-state index is 14.3. The van der Waals surface area contributed by atoms with E-state index in [0.29, 0.717) is 30.0 Å². The number of likely N-dealkylation sites (N-methyl/N-ethyl adjacent to an activating group) is 1. The fraction of sp³-hybridized carbons (Fsp3) is 0.444. The molecule has 1 heterocycles. The van der Waals surface area contributed by atoms with Crippen molar-refractivity contribution in [1.29, 1.82) is 0 Å². The summed E-state index contributed by atoms with van der Waals surface area (Å²) in [5, 5.41) is 13.1. The van der Waals surface area contributed by atoms with Gasteiger partial charge in [0.05, 0.1) is 35.3 Å². The second kappa shape index (κ2) is 16.4. The quantitative estimate of drug-likeness (QED) is 0.332. The second-order valence-electron chi connectivity index (χ2n) is 12.4. The number of carbonyl (C=O) groups excluding carboxylic acids is 2. The topological polar surface area (TPSA) is 125 Å². The first-order valence-corrected chi connectivity index (χ1v) is 17.6. The molecule has 0 unspecified atom stereocenters. The van der Waals surface area contributed by atoms with E-state index in [1.165, 1.54) is 11.4 Å². The zero-order valence-electron chi connectivity index (χ0n) is 27.9. The third kappa shape index (κ3) is 9.41. The van der Waals surface area contributed by atoms with Crippen LogP contribution in [0.4, 0.5) is 5.69 Å². The molecule has 47 heavy (non-hydrogen) atoms. The number of aryl methyl sites for hydroxylation is 1. The number of nitrogens with zero attached hydrogens (tertiary/aromatic N) is 2. The van der Waals surface area contributed by atoms with Gasteiger partial charge < -0.3 is 24.8 Å². The van der Waals surface area contributed by atoms with E-state index < -0.39 is 22.2 Å². The van der Waals surface area contributed by atoms with Gasteiger partial charge in [0, 0.05) is 43.9 Å². The molecule has 0 saturated carbocycles. The molecule has 254 valence electrons. The molecule has 11 heteroatoms. The molecule has 0 fully saturated rings. The van der Waals surface area contributed by atoms with Crippen molar-refractivity contribution in [2.45, 2.75) is 70.1 Å². The number of hydrogen-bond donors (Lipinski definition) is 2. The fourth-order valence-electron chi connectivity index (χ4n) is 5.50. The van der Waals surface area contributed by atoms with Gasteiger partial charge in [-0.2, -0.15) is 4.31 Å². The molecule has 2 N–H and O–H groups in total. The van der Waals surface area contributed by atoms with Crippen LogP contribution < -0.4 is 10.1 Å². The Bertz CT molecular complexity index is 1600. The summed E-state index contributed by atoms with van der Waals surface area (Å²) in [4.78, 5) is 29.0. The molecule has 0 radical (unpaired) electrons. The van der Waals surface area contributed by atoms with E-state index in [4.69, 9.17) is 9.47 Å². The molecule has 1 aliphatic rings. The summed E-state index contributed by atoms with van der Waals surface area (Å²) < 4.78 is 40.8. The van der Waals surface area contributed by atoms with Gasteiger partial charge in [-0.05, 0) is 82.5 Å². The summed E-state index contributed by atoms with van der Waals surface area (Å²) in [7, 11) is -2.25. The van der Waals surface area contributed by atoms with Gasteiger partial charge in [-0.25, -0.2) is 8.42 Å². The Kier molecular flexibility index (Phi) is 12.6. The van der Waals surface area contributed by atoms with Crippen LogP contribution in [0.15, 0.2) is 77.7 Å². The predicted molar refractivity (Wildman–Crippen MR) is 182 cm³/mol. The summed E-state index contributed by atoms with van der Waals surface area (Å²) in [6.07, 6.45) is 1.52. The summed E-state index contributed by atoms with van der Waals surface area (Å²) in [6, 6.07) is 20.0. The number of benzene rings is 3. The minimum atomic E-state index is -3.79. The largest absolute Gasteiger partial charge is 0.490 e. The highest BCUT2D eigenvalue weighted by molar-refractivity contribution is 7.89. The number of anilines is 1. The Morgan fingerprint density at radius 2 is 1.77 bits per heavy atom. The number of carbonyl (C=O) groups is 2. The number of rotatable bonds is 8. The van der Waals surface area contributed by atoms with Crippen molar-refractivity contribution in [3.8, 4) is 5.75 Å². The predicted octanol–water partition coefficient (Wildman–Crippen LogP) is 5.36. The Morgan fingerprint density at radius 1 is 1.06 bits per heavy atom. The summed E-state index contributed by atoms with van der Waals surface area (Å²) in [5.74, 6) is -0.618. The third-order valence-corrected chi connectivity index (χ3v) is 10.3. The van der Waals surface area contributed by atoms with Gasteiger partial charge in [-0.3, -0.25) is 9.59 Å². The van der Waals surface area contributed by atoms with Crippen LogP contribution in [0.1, 0.15) is 66.3 Å². The van der Waals surface area contributed by atoms with Gasteiger partial charge in [0.2, 0.25) is 10.0 Å². The van der Waals surface area contributed by atoms with Gasteiger partial charge in [0.25, 0.3) is 11.8 Å². The average Bonchev–Trinajstić information content (AvgIpc) is 3.06. The van der Waals surface area contributed by atoms with Crippen molar-refractivity contribution < 1.29 is 32.6 Å².